The quantitative estimate of drug-likeness (QED) is 0.0557. The second kappa shape index (κ2) is 38.5. The van der Waals surface area contributed by atoms with Crippen molar-refractivity contribution in [2.24, 2.45) is 0 Å². The first kappa shape index (κ1) is 93.2. The fourth-order valence-electron chi connectivity index (χ4n) is 25.5. The topological polar surface area (TPSA) is 13.0 Å². The summed E-state index contributed by atoms with van der Waals surface area (Å²) in [6, 6.07) is 216. The van der Waals surface area contributed by atoms with Crippen LogP contribution in [0.15, 0.2) is 582 Å². The summed E-state index contributed by atoms with van der Waals surface area (Å²) < 4.78 is 0. The molecule has 4 aliphatic rings. The molecule has 150 heavy (non-hydrogen) atoms. The molecule has 0 radical (unpaired) electrons. The van der Waals surface area contributed by atoms with Gasteiger partial charge in [0.1, 0.15) is 0 Å². The Labute approximate surface area is 884 Å². The summed E-state index contributed by atoms with van der Waals surface area (Å²) in [5.74, 6) is 0. The first-order valence-electron chi connectivity index (χ1n) is 52.7. The smallest absolute Gasteiger partial charge is 0.252 e. The maximum absolute atomic E-state index is 2.55. The highest BCUT2D eigenvalue weighted by atomic mass is 15.2. The van der Waals surface area contributed by atoms with Gasteiger partial charge in [0, 0.05) is 68.2 Å². The van der Waals surface area contributed by atoms with E-state index in [1.165, 1.54) is 178 Å². The van der Waals surface area contributed by atoms with Gasteiger partial charge in [-0.15, -0.1) is 0 Å². The fraction of sp³-hybridized carbons (Fsp3) is 0.0833. The lowest BCUT2D eigenvalue weighted by molar-refractivity contribution is 0.590. The van der Waals surface area contributed by atoms with Gasteiger partial charge in [-0.05, 0) is 241 Å². The molecule has 4 heterocycles. The number of hydrogen-bond acceptors (Lipinski definition) is 4. The average molecular weight is 1920 g/mol. The van der Waals surface area contributed by atoms with Gasteiger partial charge in [0.15, 0.2) is 0 Å². The van der Waals surface area contributed by atoms with E-state index in [2.05, 4.69) is 644 Å². The molecule has 0 saturated carbocycles. The third kappa shape index (κ3) is 15.5. The molecule has 22 aromatic rings. The van der Waals surface area contributed by atoms with Crippen molar-refractivity contribution in [3.8, 4) is 0 Å². The van der Waals surface area contributed by atoms with Gasteiger partial charge in [-0.2, -0.15) is 0 Å². The minimum atomic E-state index is -0.561. The lowest BCUT2D eigenvalue weighted by atomic mass is 9.33. The largest absolute Gasteiger partial charge is 0.311 e. The van der Waals surface area contributed by atoms with Crippen molar-refractivity contribution < 1.29 is 0 Å². The molecule has 0 amide bonds. The summed E-state index contributed by atoms with van der Waals surface area (Å²) in [5, 5.41) is 0. The highest BCUT2D eigenvalue weighted by Crippen LogP contribution is 2.55. The summed E-state index contributed by atoms with van der Waals surface area (Å²) in [6.45, 7) is 14.1. The number of anilines is 12. The molecule has 4 aliphatic heterocycles. The number of nitrogens with zero attached hydrogens (tertiary/aromatic N) is 4. The van der Waals surface area contributed by atoms with Crippen LogP contribution in [-0.2, 0) is 32.5 Å². The Bertz CT molecular complexity index is 7690. The summed E-state index contributed by atoms with van der Waals surface area (Å²) in [7, 11) is 0. The molecular weight excluding hydrogens is 1810 g/mol. The Morgan fingerprint density at radius 1 is 0.127 bits per heavy atom. The molecule has 0 aromatic heterocycles. The predicted molar refractivity (Wildman–Crippen MR) is 632 cm³/mol. The summed E-state index contributed by atoms with van der Waals surface area (Å²) in [6.07, 6.45) is 0. The predicted octanol–water partition coefficient (Wildman–Crippen LogP) is 31.7. The second-order valence-electron chi connectivity index (χ2n) is 42.4. The normalized spacial score (nSPS) is 12.9. The molecule has 4 nitrogen and oxygen atoms in total. The zero-order valence-electron chi connectivity index (χ0n) is 85.4. The Morgan fingerprint density at radius 2 is 0.273 bits per heavy atom. The van der Waals surface area contributed by atoms with Crippen LogP contribution in [0.2, 0.25) is 0 Å². The minimum Gasteiger partial charge on any atom is -0.311 e. The molecule has 0 spiro atoms. The average Bonchev–Trinajstić information content (AvgIpc) is 0.696. The van der Waals surface area contributed by atoms with Crippen LogP contribution in [0.5, 0.6) is 0 Å². The van der Waals surface area contributed by atoms with E-state index in [1.807, 2.05) is 0 Å². The molecule has 22 aromatic carbocycles. The van der Waals surface area contributed by atoms with Crippen LogP contribution < -0.4 is 52.4 Å². The third-order valence-corrected chi connectivity index (χ3v) is 32.2. The minimum absolute atomic E-state index is 0.0179. The molecule has 0 N–H and O–H groups in total. The molecule has 0 saturated heterocycles. The third-order valence-electron chi connectivity index (χ3n) is 32.2. The van der Waals surface area contributed by atoms with Crippen molar-refractivity contribution in [3.05, 3.63) is 683 Å². The lowest BCUT2D eigenvalue weighted by Gasteiger charge is -2.45. The lowest BCUT2D eigenvalue weighted by Crippen LogP contribution is -2.61. The maximum atomic E-state index is 2.55. The SMILES string of the molecule is CC(C)(C)c1ccc2c(c1)B1c3cc(C(C)(C)C)ccc3N(c3ccc(C(c4ccccc4)(c4ccccc4)c4ccccc4)cc3)c3cccc(c31)N2c1ccc(C(c2ccccc2)(c2ccccc2)c2ccccc2)cc1.c1ccc(C(c2ccccc2)(c2ccccc2)c2ccc(N3c4ccccc4B4c5ccccc5N(c5ccc(C(c6ccccc6)(c6ccccc6)c6ccccc6)cc5)c5cccc3c54)cc2)cc1. The first-order chi connectivity index (χ1) is 73.7. The molecule has 0 aliphatic carbocycles. The van der Waals surface area contributed by atoms with E-state index in [0.717, 1.165) is 22.7 Å². The number of para-hydroxylation sites is 2. The zero-order valence-corrected chi connectivity index (χ0v) is 85.4. The van der Waals surface area contributed by atoms with E-state index in [0.29, 0.717) is 0 Å². The molecule has 0 fully saturated rings. The second-order valence-corrected chi connectivity index (χ2v) is 42.4. The Kier molecular flexibility index (Phi) is 24.0. The van der Waals surface area contributed by atoms with E-state index in [1.54, 1.807) is 0 Å². The van der Waals surface area contributed by atoms with Crippen molar-refractivity contribution in [2.45, 2.75) is 74.0 Å². The Hall–Kier alpha value is -17.8. The van der Waals surface area contributed by atoms with Crippen molar-refractivity contribution >= 4 is 114 Å². The Morgan fingerprint density at radius 3 is 0.460 bits per heavy atom. The molecule has 0 atom stereocenters. The van der Waals surface area contributed by atoms with Gasteiger partial charge in [0.25, 0.3) is 13.4 Å². The van der Waals surface area contributed by atoms with Crippen molar-refractivity contribution in [3.63, 3.8) is 0 Å². The van der Waals surface area contributed by atoms with Crippen molar-refractivity contribution in [2.75, 3.05) is 19.6 Å². The van der Waals surface area contributed by atoms with Crippen LogP contribution in [0.3, 0.4) is 0 Å². The standard InChI is InChI=1S/C76H65BN2.C68H49BN2/c1-73(2,3)62-44-50-68-66(52-62)77-67-53-63(74(4,5)6)45-51-69(67)79(65-48-42-61(43-49-65)76(57-32-19-10-20-33-57,58-34-21-11-22-35-58)59-36-23-12-24-37-59)71-39-25-38-70(72(71)77)78(68)64-46-40-60(41-47-64)75(54-26-13-7-14-27-54,55-28-15-8-16-29-55)56-30-17-9-18-31-56;1-7-24-50(25-8-1)67(51-26-9-2-10-27-51,52-28-11-3-12-29-52)56-42-46-58(47-43-56)70-62-38-21-19-36-60(62)69-61-37-20-22-39-63(61)71(65-41-23-40-64(70)66(65)69)59-48-44-57(45-49-59)68(53-30-13-4-14-31-53,54-32-15-5-16-33-54)55-34-17-6-18-35-55/h7-53H,1-6H3;1-49H. The van der Waals surface area contributed by atoms with Gasteiger partial charge < -0.3 is 19.6 Å². The van der Waals surface area contributed by atoms with Crippen molar-refractivity contribution in [1.82, 2.24) is 0 Å². The maximum Gasteiger partial charge on any atom is 0.252 e. The molecular formula is C144H114B2N4. The summed E-state index contributed by atoms with van der Waals surface area (Å²) >= 11 is 0. The van der Waals surface area contributed by atoms with E-state index < -0.39 is 21.7 Å². The number of fused-ring (bicyclic) bond motifs is 8. The number of benzene rings is 22. The van der Waals surface area contributed by atoms with Crippen LogP contribution in [-0.4, -0.2) is 13.4 Å². The van der Waals surface area contributed by atoms with E-state index in [4.69, 9.17) is 0 Å². The highest BCUT2D eigenvalue weighted by molar-refractivity contribution is 7.01. The highest BCUT2D eigenvalue weighted by Gasteiger charge is 2.50. The van der Waals surface area contributed by atoms with Gasteiger partial charge in [-0.25, -0.2) is 0 Å². The van der Waals surface area contributed by atoms with Gasteiger partial charge in [-0.1, -0.05) is 527 Å². The number of rotatable bonds is 20. The molecule has 0 bridgehead atoms. The van der Waals surface area contributed by atoms with Crippen LogP contribution in [0.25, 0.3) is 0 Å². The van der Waals surface area contributed by atoms with E-state index in [9.17, 15) is 0 Å². The van der Waals surface area contributed by atoms with Crippen LogP contribution in [0, 0.1) is 0 Å². The zero-order chi connectivity index (χ0) is 101. The Balaban J connectivity index is 0.000000156. The number of hydrogen-bond donors (Lipinski definition) is 0. The van der Waals surface area contributed by atoms with Gasteiger partial charge in [0.05, 0.1) is 21.7 Å². The summed E-state index contributed by atoms with van der Waals surface area (Å²) in [5.41, 5.74) is 41.8. The van der Waals surface area contributed by atoms with E-state index >= 15 is 0 Å². The first-order valence-corrected chi connectivity index (χ1v) is 52.7. The van der Waals surface area contributed by atoms with Crippen molar-refractivity contribution in [1.29, 1.82) is 0 Å². The van der Waals surface area contributed by atoms with Crippen LogP contribution >= 0.6 is 0 Å². The van der Waals surface area contributed by atoms with Crippen LogP contribution in [0.4, 0.5) is 68.2 Å². The van der Waals surface area contributed by atoms with E-state index in [-0.39, 0.29) is 24.3 Å². The van der Waals surface area contributed by atoms with Gasteiger partial charge in [-0.3, -0.25) is 0 Å². The molecule has 716 valence electrons. The van der Waals surface area contributed by atoms with Crippen LogP contribution in [0.1, 0.15) is 142 Å². The fourth-order valence-corrected chi connectivity index (χ4v) is 25.5. The molecule has 26 rings (SSSR count). The monoisotopic (exact) mass is 1920 g/mol. The molecule has 6 heteroatoms. The summed E-state index contributed by atoms with van der Waals surface area (Å²) in [4.78, 5) is 10.1. The molecule has 0 unspecified atom stereocenters. The van der Waals surface area contributed by atoms with Gasteiger partial charge in [0.2, 0.25) is 0 Å². The van der Waals surface area contributed by atoms with Gasteiger partial charge >= 0.3 is 0 Å².